The van der Waals surface area contributed by atoms with Gasteiger partial charge in [-0.25, -0.2) is 14.4 Å². The van der Waals surface area contributed by atoms with Crippen molar-refractivity contribution < 1.29 is 9.18 Å². The number of pyridine rings is 3. The molecule has 5 heterocycles. The molecule has 1 aliphatic rings. The Kier molecular flexibility index (Phi) is 5.61. The molecule has 0 spiro atoms. The molecule has 3 N–H and O–H groups in total. The Morgan fingerprint density at radius 1 is 0.897 bits per heavy atom. The summed E-state index contributed by atoms with van der Waals surface area (Å²) in [5.74, 6) is -0.137. The number of aromatic amines is 2. The number of fused-ring (bicyclic) bond motifs is 2. The molecule has 0 radical (unpaired) electrons. The van der Waals surface area contributed by atoms with Crippen LogP contribution in [0.3, 0.4) is 0 Å². The number of nitrogens with one attached hydrogen (secondary N) is 3. The molecule has 1 aliphatic carbocycles. The number of halogens is 1. The molecule has 1 amide bonds. The zero-order valence-electron chi connectivity index (χ0n) is 20.9. The highest BCUT2D eigenvalue weighted by atomic mass is 19.1. The fourth-order valence-corrected chi connectivity index (χ4v) is 5.40. The molecule has 7 rings (SSSR count). The smallest absolute Gasteiger partial charge is 0.227 e. The fourth-order valence-electron chi connectivity index (χ4n) is 5.40. The predicted molar refractivity (Wildman–Crippen MR) is 148 cm³/mol. The van der Waals surface area contributed by atoms with Gasteiger partial charge in [-0.05, 0) is 60.4 Å². The van der Waals surface area contributed by atoms with Crippen molar-refractivity contribution in [3.63, 3.8) is 0 Å². The quantitative estimate of drug-likeness (QED) is 0.242. The van der Waals surface area contributed by atoms with Crippen LogP contribution in [0.4, 0.5) is 10.1 Å². The molecule has 0 atom stereocenters. The Bertz CT molecular complexity index is 1830. The number of hydrogen-bond acceptors (Lipinski definition) is 5. The van der Waals surface area contributed by atoms with Crippen molar-refractivity contribution in [3.05, 3.63) is 79.1 Å². The van der Waals surface area contributed by atoms with E-state index in [1.165, 1.54) is 12.1 Å². The minimum absolute atomic E-state index is 0.0598. The molecular formula is C30H24FN7O. The van der Waals surface area contributed by atoms with Crippen LogP contribution in [0.25, 0.3) is 55.7 Å². The second-order valence-corrected chi connectivity index (χ2v) is 9.94. The lowest BCUT2D eigenvalue weighted by atomic mass is 10.0. The number of H-pyrrole nitrogens is 2. The van der Waals surface area contributed by atoms with Gasteiger partial charge in [0.05, 0.1) is 23.3 Å². The molecule has 1 aromatic carbocycles. The summed E-state index contributed by atoms with van der Waals surface area (Å²) in [4.78, 5) is 29.4. The summed E-state index contributed by atoms with van der Waals surface area (Å²) in [5, 5.41) is 12.3. The van der Waals surface area contributed by atoms with Gasteiger partial charge in [0.1, 0.15) is 11.5 Å². The second kappa shape index (κ2) is 9.43. The molecule has 0 bridgehead atoms. The van der Waals surface area contributed by atoms with Gasteiger partial charge in [0.25, 0.3) is 0 Å². The van der Waals surface area contributed by atoms with Gasteiger partial charge < -0.3 is 10.3 Å². The Morgan fingerprint density at radius 3 is 2.56 bits per heavy atom. The standard InChI is InChI=1S/C30H24FN7O/c31-21-7-5-17(6-8-21)23-9-10-33-28-24(23)13-26(36-28)27-25-12-20(15-34-29(25)38-37-27)19-11-22(16-32-14-19)35-30(39)18-3-1-2-4-18/h5-16,18H,1-4H2,(H,33,36)(H,35,39)(H,34,37,38). The maximum atomic E-state index is 13.5. The third-order valence-electron chi connectivity index (χ3n) is 7.43. The average Bonchev–Trinajstić information content (AvgIpc) is 3.73. The summed E-state index contributed by atoms with van der Waals surface area (Å²) >= 11 is 0. The van der Waals surface area contributed by atoms with Crippen molar-refractivity contribution in [3.8, 4) is 33.6 Å². The van der Waals surface area contributed by atoms with Crippen LogP contribution in [-0.4, -0.2) is 36.0 Å². The van der Waals surface area contributed by atoms with Gasteiger partial charge in [-0.2, -0.15) is 5.10 Å². The fraction of sp³-hybridized carbons (Fsp3) is 0.167. The maximum Gasteiger partial charge on any atom is 0.227 e. The Hall–Kier alpha value is -4.92. The Morgan fingerprint density at radius 2 is 1.72 bits per heavy atom. The lowest BCUT2D eigenvalue weighted by Gasteiger charge is -2.11. The molecule has 1 fully saturated rings. The maximum absolute atomic E-state index is 13.5. The number of carbonyl (C=O) groups is 1. The van der Waals surface area contributed by atoms with Gasteiger partial charge in [-0.3, -0.25) is 14.9 Å². The number of aromatic nitrogens is 6. The topological polar surface area (TPSA) is 112 Å². The van der Waals surface area contributed by atoms with Crippen LogP contribution in [0.5, 0.6) is 0 Å². The normalized spacial score (nSPS) is 13.9. The van der Waals surface area contributed by atoms with Crippen molar-refractivity contribution >= 4 is 33.7 Å². The summed E-state index contributed by atoms with van der Waals surface area (Å²) in [6.07, 6.45) is 11.0. The first-order valence-corrected chi connectivity index (χ1v) is 13.0. The first-order valence-electron chi connectivity index (χ1n) is 13.0. The largest absolute Gasteiger partial charge is 0.338 e. The first kappa shape index (κ1) is 23.2. The van der Waals surface area contributed by atoms with Gasteiger partial charge in [0.15, 0.2) is 5.65 Å². The van der Waals surface area contributed by atoms with Gasteiger partial charge in [-0.1, -0.05) is 25.0 Å². The van der Waals surface area contributed by atoms with E-state index in [1.54, 1.807) is 36.9 Å². The van der Waals surface area contributed by atoms with Gasteiger partial charge in [-0.15, -0.1) is 0 Å². The molecule has 0 unspecified atom stereocenters. The van der Waals surface area contributed by atoms with Crippen LogP contribution in [0.2, 0.25) is 0 Å². The molecule has 9 heteroatoms. The molecule has 0 aliphatic heterocycles. The van der Waals surface area contributed by atoms with Crippen LogP contribution in [0.15, 0.2) is 73.3 Å². The number of anilines is 1. The molecular weight excluding hydrogens is 493 g/mol. The lowest BCUT2D eigenvalue weighted by molar-refractivity contribution is -0.119. The highest BCUT2D eigenvalue weighted by Crippen LogP contribution is 2.34. The predicted octanol–water partition coefficient (Wildman–Crippen LogP) is 6.50. The van der Waals surface area contributed by atoms with E-state index in [-0.39, 0.29) is 17.6 Å². The Balaban J connectivity index is 1.24. The van der Waals surface area contributed by atoms with Gasteiger partial charge in [0.2, 0.25) is 5.91 Å². The molecule has 1 saturated carbocycles. The van der Waals surface area contributed by atoms with E-state index in [9.17, 15) is 9.18 Å². The van der Waals surface area contributed by atoms with Crippen LogP contribution >= 0.6 is 0 Å². The highest BCUT2D eigenvalue weighted by Gasteiger charge is 2.23. The van der Waals surface area contributed by atoms with Crippen molar-refractivity contribution in [1.29, 1.82) is 0 Å². The average molecular weight is 518 g/mol. The number of nitrogens with zero attached hydrogens (tertiary/aromatic N) is 4. The van der Waals surface area contributed by atoms with Gasteiger partial charge in [0, 0.05) is 46.4 Å². The minimum Gasteiger partial charge on any atom is -0.338 e. The minimum atomic E-state index is -0.275. The van der Waals surface area contributed by atoms with Crippen LogP contribution < -0.4 is 5.32 Å². The summed E-state index contributed by atoms with van der Waals surface area (Å²) in [7, 11) is 0. The monoisotopic (exact) mass is 517 g/mol. The summed E-state index contributed by atoms with van der Waals surface area (Å²) < 4.78 is 13.5. The van der Waals surface area contributed by atoms with Crippen LogP contribution in [0.1, 0.15) is 25.7 Å². The number of benzene rings is 1. The third-order valence-corrected chi connectivity index (χ3v) is 7.43. The van der Waals surface area contributed by atoms with Crippen molar-refractivity contribution in [1.82, 2.24) is 30.1 Å². The SMILES string of the molecule is O=C(Nc1cncc(-c2cnc3n[nH]c(-c4cc5c(-c6ccc(F)cc6)ccnc5[nH]4)c3c2)c1)C1CCCC1. The zero-order chi connectivity index (χ0) is 26.3. The highest BCUT2D eigenvalue weighted by molar-refractivity contribution is 6.00. The van der Waals surface area contributed by atoms with E-state index in [0.29, 0.717) is 17.0 Å². The van der Waals surface area contributed by atoms with Crippen LogP contribution in [-0.2, 0) is 4.79 Å². The molecule has 39 heavy (non-hydrogen) atoms. The lowest BCUT2D eigenvalue weighted by Crippen LogP contribution is -2.20. The third kappa shape index (κ3) is 4.31. The van der Waals surface area contributed by atoms with E-state index in [2.05, 4.69) is 35.5 Å². The number of carbonyl (C=O) groups excluding carboxylic acids is 1. The number of rotatable bonds is 5. The molecule has 8 nitrogen and oxygen atoms in total. The second-order valence-electron chi connectivity index (χ2n) is 9.94. The van der Waals surface area contributed by atoms with Crippen molar-refractivity contribution in [2.24, 2.45) is 5.92 Å². The van der Waals surface area contributed by atoms with E-state index in [0.717, 1.165) is 70.1 Å². The molecule has 192 valence electrons. The zero-order valence-corrected chi connectivity index (χ0v) is 20.9. The Labute approximate surface area is 222 Å². The van der Waals surface area contributed by atoms with E-state index < -0.39 is 0 Å². The summed E-state index contributed by atoms with van der Waals surface area (Å²) in [6, 6.07) is 14.3. The molecule has 6 aromatic rings. The molecule has 5 aromatic heterocycles. The van der Waals surface area contributed by atoms with Crippen LogP contribution in [0, 0.1) is 11.7 Å². The first-order chi connectivity index (χ1) is 19.1. The van der Waals surface area contributed by atoms with Gasteiger partial charge >= 0.3 is 0 Å². The summed E-state index contributed by atoms with van der Waals surface area (Å²) in [5.41, 5.74) is 7.12. The van der Waals surface area contributed by atoms with E-state index in [1.807, 2.05) is 24.3 Å². The van der Waals surface area contributed by atoms with E-state index in [4.69, 9.17) is 0 Å². The number of amides is 1. The summed E-state index contributed by atoms with van der Waals surface area (Å²) in [6.45, 7) is 0. The van der Waals surface area contributed by atoms with Crippen molar-refractivity contribution in [2.45, 2.75) is 25.7 Å². The molecule has 0 saturated heterocycles. The number of hydrogen-bond donors (Lipinski definition) is 3. The van der Waals surface area contributed by atoms with Crippen molar-refractivity contribution in [2.75, 3.05) is 5.32 Å². The van der Waals surface area contributed by atoms with E-state index >= 15 is 0 Å².